The molecule has 6 heteroatoms. The highest BCUT2D eigenvalue weighted by atomic mass is 19.1. The first-order valence-electron chi connectivity index (χ1n) is 5.46. The van der Waals surface area contributed by atoms with E-state index >= 15 is 0 Å². The number of aliphatic carboxylic acids is 1. The summed E-state index contributed by atoms with van der Waals surface area (Å²) in [5.41, 5.74) is 0.688. The second-order valence-electron chi connectivity index (χ2n) is 4.21. The van der Waals surface area contributed by atoms with Gasteiger partial charge in [0, 0.05) is 12.6 Å². The van der Waals surface area contributed by atoms with Gasteiger partial charge in [0.25, 0.3) is 11.7 Å². The normalized spacial score (nSPS) is 14.8. The van der Waals surface area contributed by atoms with Crippen LogP contribution >= 0.6 is 0 Å². The van der Waals surface area contributed by atoms with Crippen molar-refractivity contribution in [3.63, 3.8) is 0 Å². The first kappa shape index (κ1) is 12.9. The van der Waals surface area contributed by atoms with Crippen LogP contribution in [-0.4, -0.2) is 29.3 Å². The Bertz CT molecular complexity index is 621. The highest BCUT2D eigenvalue weighted by Gasteiger charge is 2.35. The molecule has 0 fully saturated rings. The van der Waals surface area contributed by atoms with Gasteiger partial charge in [-0.25, -0.2) is 9.18 Å². The number of Topliss-reactive ketones (excluding diaryl/α,β-unsaturated/α-hetero) is 1. The molecule has 0 bridgehead atoms. The van der Waals surface area contributed by atoms with Gasteiger partial charge in [0.15, 0.2) is 0 Å². The Balaban J connectivity index is 2.38. The van der Waals surface area contributed by atoms with Crippen molar-refractivity contribution in [1.82, 2.24) is 0 Å². The lowest BCUT2D eigenvalue weighted by Gasteiger charge is -2.16. The van der Waals surface area contributed by atoms with Gasteiger partial charge < -0.3 is 10.0 Å². The Hall–Kier alpha value is -2.50. The topological polar surface area (TPSA) is 74.7 Å². The molecule has 19 heavy (non-hydrogen) atoms. The van der Waals surface area contributed by atoms with Crippen LogP contribution in [0.1, 0.15) is 17.3 Å². The second kappa shape index (κ2) is 4.64. The molecular weight excluding hydrogens is 253 g/mol. The molecule has 0 atom stereocenters. The van der Waals surface area contributed by atoms with Crippen molar-refractivity contribution >= 4 is 23.3 Å². The zero-order chi connectivity index (χ0) is 14.2. The fourth-order valence-corrected chi connectivity index (χ4v) is 1.93. The lowest BCUT2D eigenvalue weighted by Crippen LogP contribution is -2.31. The molecule has 1 aliphatic rings. The third kappa shape index (κ3) is 2.37. The minimum Gasteiger partial charge on any atom is -0.478 e. The maximum Gasteiger partial charge on any atom is 0.328 e. The minimum absolute atomic E-state index is 0.0622. The summed E-state index contributed by atoms with van der Waals surface area (Å²) in [6.45, 7) is 1.45. The average Bonchev–Trinajstić information content (AvgIpc) is 2.53. The molecule has 1 heterocycles. The smallest absolute Gasteiger partial charge is 0.328 e. The molecule has 1 N–H and O–H groups in total. The number of nitrogens with zero attached hydrogens (tertiary/aromatic N) is 1. The summed E-state index contributed by atoms with van der Waals surface area (Å²) in [5.74, 6) is -3.20. The van der Waals surface area contributed by atoms with E-state index in [2.05, 4.69) is 0 Å². The van der Waals surface area contributed by atoms with E-state index in [0.29, 0.717) is 5.57 Å². The summed E-state index contributed by atoms with van der Waals surface area (Å²) in [6.07, 6.45) is 0.940. The molecular formula is C13H10FNO4. The van der Waals surface area contributed by atoms with Gasteiger partial charge in [-0.3, -0.25) is 9.59 Å². The van der Waals surface area contributed by atoms with Gasteiger partial charge in [0.05, 0.1) is 11.3 Å². The number of rotatable bonds is 3. The number of carbonyl (C=O) groups excluding carboxylic acids is 2. The highest BCUT2D eigenvalue weighted by molar-refractivity contribution is 6.52. The number of carboxylic acids is 1. The first-order chi connectivity index (χ1) is 8.90. The molecule has 98 valence electrons. The summed E-state index contributed by atoms with van der Waals surface area (Å²) in [7, 11) is 0. The van der Waals surface area contributed by atoms with Crippen molar-refractivity contribution in [2.24, 2.45) is 0 Å². The summed E-state index contributed by atoms with van der Waals surface area (Å²) >= 11 is 0. The third-order valence-corrected chi connectivity index (χ3v) is 2.71. The molecule has 1 aliphatic heterocycles. The molecule has 1 aromatic rings. The van der Waals surface area contributed by atoms with Gasteiger partial charge in [0.1, 0.15) is 5.82 Å². The van der Waals surface area contributed by atoms with Gasteiger partial charge in [0.2, 0.25) is 0 Å². The van der Waals surface area contributed by atoms with Crippen LogP contribution < -0.4 is 4.90 Å². The second-order valence-corrected chi connectivity index (χ2v) is 4.21. The van der Waals surface area contributed by atoms with E-state index in [-0.39, 0.29) is 17.8 Å². The van der Waals surface area contributed by atoms with Crippen LogP contribution in [0.4, 0.5) is 10.1 Å². The molecule has 1 amide bonds. The minimum atomic E-state index is -1.14. The van der Waals surface area contributed by atoms with Crippen molar-refractivity contribution in [2.45, 2.75) is 6.92 Å². The predicted octanol–water partition coefficient (Wildman–Crippen LogP) is 1.39. The molecule has 0 radical (unpaired) electrons. The molecule has 0 saturated carbocycles. The number of carbonyl (C=O) groups is 3. The summed E-state index contributed by atoms with van der Waals surface area (Å²) in [6, 6.07) is 3.45. The quantitative estimate of drug-likeness (QED) is 0.660. The van der Waals surface area contributed by atoms with Crippen LogP contribution in [0.25, 0.3) is 0 Å². The number of hydrogen-bond donors (Lipinski definition) is 1. The Morgan fingerprint density at radius 2 is 2.11 bits per heavy atom. The SMILES string of the molecule is C/C(=C\C(=O)O)CN1C(=O)C(=O)c2ccc(F)cc21. The van der Waals surface area contributed by atoms with Gasteiger partial charge in [-0.2, -0.15) is 0 Å². The van der Waals surface area contributed by atoms with Gasteiger partial charge in [-0.15, -0.1) is 0 Å². The number of benzene rings is 1. The van der Waals surface area contributed by atoms with Crippen LogP contribution in [0.3, 0.4) is 0 Å². The number of fused-ring (bicyclic) bond motifs is 1. The molecule has 5 nitrogen and oxygen atoms in total. The molecule has 0 aromatic heterocycles. The summed E-state index contributed by atoms with van der Waals surface area (Å²) < 4.78 is 13.2. The van der Waals surface area contributed by atoms with Gasteiger partial charge in [-0.1, -0.05) is 0 Å². The molecule has 0 spiro atoms. The van der Waals surface area contributed by atoms with E-state index in [1.165, 1.54) is 13.0 Å². The molecule has 0 saturated heterocycles. The largest absolute Gasteiger partial charge is 0.478 e. The van der Waals surface area contributed by atoms with Crippen molar-refractivity contribution in [3.8, 4) is 0 Å². The standard InChI is InChI=1S/C13H10FNO4/c1-7(4-11(16)17)6-15-10-5-8(14)2-3-9(10)12(18)13(15)19/h2-5H,6H2,1H3,(H,16,17)/b7-4+. The molecule has 1 aromatic carbocycles. The average molecular weight is 263 g/mol. The van der Waals surface area contributed by atoms with Crippen LogP contribution in [-0.2, 0) is 9.59 Å². The summed E-state index contributed by atoms with van der Waals surface area (Å²) in [5, 5.41) is 8.61. The maximum absolute atomic E-state index is 13.2. The third-order valence-electron chi connectivity index (χ3n) is 2.71. The van der Waals surface area contributed by atoms with E-state index in [1.54, 1.807) is 0 Å². The van der Waals surface area contributed by atoms with E-state index in [9.17, 15) is 18.8 Å². The van der Waals surface area contributed by atoms with Crippen LogP contribution in [0.2, 0.25) is 0 Å². The Morgan fingerprint density at radius 3 is 2.74 bits per heavy atom. The zero-order valence-electron chi connectivity index (χ0n) is 10.0. The van der Waals surface area contributed by atoms with Crippen molar-refractivity contribution in [1.29, 1.82) is 0 Å². The van der Waals surface area contributed by atoms with Crippen molar-refractivity contribution in [3.05, 3.63) is 41.2 Å². The molecule has 2 rings (SSSR count). The Labute approximate surface area is 107 Å². The van der Waals surface area contributed by atoms with E-state index in [0.717, 1.165) is 23.1 Å². The maximum atomic E-state index is 13.2. The fourth-order valence-electron chi connectivity index (χ4n) is 1.93. The number of hydrogen-bond acceptors (Lipinski definition) is 3. The van der Waals surface area contributed by atoms with Crippen LogP contribution in [0.5, 0.6) is 0 Å². The first-order valence-corrected chi connectivity index (χ1v) is 5.46. The van der Waals surface area contributed by atoms with Crippen LogP contribution in [0.15, 0.2) is 29.8 Å². The zero-order valence-corrected chi connectivity index (χ0v) is 10.0. The number of ketones is 1. The van der Waals surface area contributed by atoms with E-state index in [4.69, 9.17) is 5.11 Å². The number of halogens is 1. The molecule has 0 unspecified atom stereocenters. The van der Waals surface area contributed by atoms with Gasteiger partial charge in [-0.05, 0) is 30.7 Å². The molecule has 0 aliphatic carbocycles. The van der Waals surface area contributed by atoms with E-state index < -0.39 is 23.5 Å². The van der Waals surface area contributed by atoms with Gasteiger partial charge >= 0.3 is 5.97 Å². The highest BCUT2D eigenvalue weighted by Crippen LogP contribution is 2.30. The predicted molar refractivity (Wildman–Crippen MR) is 64.5 cm³/mol. The van der Waals surface area contributed by atoms with Crippen molar-refractivity contribution in [2.75, 3.05) is 11.4 Å². The number of carboxylic acid groups (broad SMARTS) is 1. The summed E-state index contributed by atoms with van der Waals surface area (Å²) in [4.78, 5) is 35.0. The Kier molecular flexibility index (Phi) is 3.16. The Morgan fingerprint density at radius 1 is 1.42 bits per heavy atom. The number of anilines is 1. The van der Waals surface area contributed by atoms with Crippen molar-refractivity contribution < 1.29 is 23.9 Å². The lowest BCUT2D eigenvalue weighted by molar-refractivity contribution is -0.131. The van der Waals surface area contributed by atoms with E-state index in [1.807, 2.05) is 0 Å². The monoisotopic (exact) mass is 263 g/mol. The fraction of sp³-hybridized carbons (Fsp3) is 0.154. The number of amides is 1. The lowest BCUT2D eigenvalue weighted by atomic mass is 10.1. The van der Waals surface area contributed by atoms with Crippen LogP contribution in [0, 0.1) is 5.82 Å².